The molecule has 2 saturated carbocycles. The standard InChI is InChI=1S/C23H34FN5O3/c1-15-8-19(27-14-28-6-3-7-28)20(29(15)22(30)31-2)13-32-18-4-5-23(10-16(23)9-18)21-25-11-17(24)12-26-21/h11-12,15-16,18-20,27H,3-10,13-14H2,1-2H3/t15-,16-,18+,19+,20+,23-/m1/s1. The normalized spacial score (nSPS) is 36.5. The Labute approximate surface area is 188 Å². The van der Waals surface area contributed by atoms with Crippen molar-refractivity contribution in [3.8, 4) is 0 Å². The van der Waals surface area contributed by atoms with Crippen molar-refractivity contribution in [2.24, 2.45) is 5.92 Å². The van der Waals surface area contributed by atoms with Gasteiger partial charge in [0.2, 0.25) is 0 Å². The third-order valence-electron chi connectivity index (χ3n) is 8.06. The Morgan fingerprint density at radius 2 is 2.09 bits per heavy atom. The zero-order valence-electron chi connectivity index (χ0n) is 19.0. The predicted octanol–water partition coefficient (Wildman–Crippen LogP) is 2.29. The predicted molar refractivity (Wildman–Crippen MR) is 115 cm³/mol. The Kier molecular flexibility index (Phi) is 6.07. The van der Waals surface area contributed by atoms with E-state index in [-0.39, 0.29) is 35.7 Å². The molecule has 6 atom stereocenters. The Balaban J connectivity index is 1.18. The molecule has 2 aliphatic carbocycles. The van der Waals surface area contributed by atoms with E-state index in [1.54, 1.807) is 0 Å². The van der Waals surface area contributed by atoms with Gasteiger partial charge < -0.3 is 9.47 Å². The number of nitrogens with zero attached hydrogens (tertiary/aromatic N) is 4. The Hall–Kier alpha value is -1.84. The maximum absolute atomic E-state index is 13.2. The zero-order chi connectivity index (χ0) is 22.3. The van der Waals surface area contributed by atoms with Gasteiger partial charge in [-0.2, -0.15) is 0 Å². The van der Waals surface area contributed by atoms with E-state index in [4.69, 9.17) is 9.47 Å². The van der Waals surface area contributed by atoms with E-state index >= 15 is 0 Å². The van der Waals surface area contributed by atoms with Gasteiger partial charge in [-0.3, -0.25) is 15.1 Å². The summed E-state index contributed by atoms with van der Waals surface area (Å²) in [5, 5.41) is 3.66. The van der Waals surface area contributed by atoms with Crippen molar-refractivity contribution >= 4 is 6.09 Å². The minimum absolute atomic E-state index is 0.00873. The second kappa shape index (κ2) is 8.83. The van der Waals surface area contributed by atoms with Gasteiger partial charge in [-0.15, -0.1) is 0 Å². The van der Waals surface area contributed by atoms with Crippen LogP contribution in [0.1, 0.15) is 51.3 Å². The van der Waals surface area contributed by atoms with Crippen LogP contribution in [0, 0.1) is 11.7 Å². The molecule has 4 aliphatic rings. The van der Waals surface area contributed by atoms with Gasteiger partial charge >= 0.3 is 6.09 Å². The zero-order valence-corrected chi connectivity index (χ0v) is 19.0. The average molecular weight is 448 g/mol. The molecule has 0 radical (unpaired) electrons. The van der Waals surface area contributed by atoms with Gasteiger partial charge in [-0.25, -0.2) is 19.2 Å². The fraction of sp³-hybridized carbons (Fsp3) is 0.783. The molecule has 0 aromatic carbocycles. The molecule has 2 aliphatic heterocycles. The fourth-order valence-electron chi connectivity index (χ4n) is 5.97. The van der Waals surface area contributed by atoms with Crippen molar-refractivity contribution in [3.63, 3.8) is 0 Å². The van der Waals surface area contributed by atoms with E-state index < -0.39 is 5.82 Å². The van der Waals surface area contributed by atoms with Crippen LogP contribution in [0.15, 0.2) is 12.4 Å². The quantitative estimate of drug-likeness (QED) is 0.687. The molecule has 3 heterocycles. The molecule has 0 unspecified atom stereocenters. The Bertz CT molecular complexity index is 822. The van der Waals surface area contributed by atoms with E-state index in [1.165, 1.54) is 25.9 Å². The monoisotopic (exact) mass is 447 g/mol. The lowest BCUT2D eigenvalue weighted by Gasteiger charge is -2.35. The number of fused-ring (bicyclic) bond motifs is 1. The minimum atomic E-state index is -0.391. The van der Waals surface area contributed by atoms with Crippen LogP contribution in [0.4, 0.5) is 9.18 Å². The maximum Gasteiger partial charge on any atom is 0.410 e. The first-order valence-corrected chi connectivity index (χ1v) is 11.9. The van der Waals surface area contributed by atoms with Crippen LogP contribution in [0.3, 0.4) is 0 Å². The summed E-state index contributed by atoms with van der Waals surface area (Å²) in [6.45, 7) is 5.72. The van der Waals surface area contributed by atoms with E-state index in [1.807, 2.05) is 4.90 Å². The summed E-state index contributed by atoms with van der Waals surface area (Å²) >= 11 is 0. The smallest absolute Gasteiger partial charge is 0.410 e. The lowest BCUT2D eigenvalue weighted by Crippen LogP contribution is -2.52. The van der Waals surface area contributed by atoms with E-state index in [0.29, 0.717) is 12.5 Å². The first-order chi connectivity index (χ1) is 15.5. The summed E-state index contributed by atoms with van der Waals surface area (Å²) < 4.78 is 24.7. The van der Waals surface area contributed by atoms with Crippen molar-refractivity contribution in [2.75, 3.05) is 33.5 Å². The molecule has 0 spiro atoms. The highest BCUT2D eigenvalue weighted by Gasteiger charge is 2.60. The number of halogens is 1. The van der Waals surface area contributed by atoms with Crippen molar-refractivity contribution in [2.45, 2.75) is 75.1 Å². The molecule has 0 bridgehead atoms. The highest BCUT2D eigenvalue weighted by Crippen LogP contribution is 2.61. The number of amides is 1. The van der Waals surface area contributed by atoms with Crippen LogP contribution < -0.4 is 5.32 Å². The molecule has 9 heteroatoms. The number of rotatable bonds is 7. The molecule has 8 nitrogen and oxygen atoms in total. The first-order valence-electron chi connectivity index (χ1n) is 11.9. The van der Waals surface area contributed by atoms with Crippen LogP contribution in [-0.4, -0.2) is 83.6 Å². The molecular formula is C23H34FN5O3. The number of likely N-dealkylation sites (tertiary alicyclic amines) is 2. The van der Waals surface area contributed by atoms with Crippen LogP contribution in [0.2, 0.25) is 0 Å². The number of methoxy groups -OCH3 is 1. The summed E-state index contributed by atoms with van der Waals surface area (Å²) in [6.07, 6.45) is 8.50. The third-order valence-corrected chi connectivity index (χ3v) is 8.06. The van der Waals surface area contributed by atoms with Crippen LogP contribution >= 0.6 is 0 Å². The summed E-state index contributed by atoms with van der Waals surface area (Å²) in [5.41, 5.74) is 0.00873. The highest BCUT2D eigenvalue weighted by molar-refractivity contribution is 5.69. The van der Waals surface area contributed by atoms with Crippen molar-refractivity contribution < 1.29 is 18.7 Å². The van der Waals surface area contributed by atoms with Crippen LogP contribution in [0.5, 0.6) is 0 Å². The summed E-state index contributed by atoms with van der Waals surface area (Å²) in [4.78, 5) is 25.2. The number of aromatic nitrogens is 2. The lowest BCUT2D eigenvalue weighted by atomic mass is 9.86. The van der Waals surface area contributed by atoms with Gasteiger partial charge in [0, 0.05) is 37.3 Å². The van der Waals surface area contributed by atoms with E-state index in [2.05, 4.69) is 27.1 Å². The molecule has 176 valence electrons. The average Bonchev–Trinajstić information content (AvgIpc) is 3.41. The van der Waals surface area contributed by atoms with Gasteiger partial charge in [0.25, 0.3) is 0 Å². The second-order valence-electron chi connectivity index (χ2n) is 9.98. The summed E-state index contributed by atoms with van der Waals surface area (Å²) in [7, 11) is 1.44. The molecule has 1 aromatic rings. The molecule has 1 aromatic heterocycles. The van der Waals surface area contributed by atoms with Crippen LogP contribution in [-0.2, 0) is 14.9 Å². The summed E-state index contributed by atoms with van der Waals surface area (Å²) in [6, 6.07) is 0.272. The molecule has 1 N–H and O–H groups in total. The van der Waals surface area contributed by atoms with Gasteiger partial charge in [0.1, 0.15) is 5.82 Å². The van der Waals surface area contributed by atoms with Gasteiger partial charge in [-0.1, -0.05) is 0 Å². The number of ether oxygens (including phenoxy) is 2. The van der Waals surface area contributed by atoms with Gasteiger partial charge in [0.15, 0.2) is 5.82 Å². The SMILES string of the molecule is COC(=O)N1[C@H](C)C[C@H](NCN2CCC2)[C@@H]1CO[C@H]1CC[C@@]2(c3ncc(F)cn3)C[C@H]2C1. The van der Waals surface area contributed by atoms with Crippen LogP contribution in [0.25, 0.3) is 0 Å². The Morgan fingerprint density at radius 1 is 1.31 bits per heavy atom. The Morgan fingerprint density at radius 3 is 2.75 bits per heavy atom. The molecule has 4 fully saturated rings. The number of carbonyl (C=O) groups excluding carboxylic acids is 1. The lowest BCUT2D eigenvalue weighted by molar-refractivity contribution is -0.0123. The third kappa shape index (κ3) is 4.10. The minimum Gasteiger partial charge on any atom is -0.453 e. The van der Waals surface area contributed by atoms with Gasteiger partial charge in [0.05, 0.1) is 38.3 Å². The number of carbonyl (C=O) groups is 1. The number of nitrogens with one attached hydrogen (secondary N) is 1. The van der Waals surface area contributed by atoms with Crippen molar-refractivity contribution in [1.82, 2.24) is 25.1 Å². The highest BCUT2D eigenvalue weighted by atomic mass is 19.1. The second-order valence-corrected chi connectivity index (χ2v) is 9.98. The molecule has 32 heavy (non-hydrogen) atoms. The van der Waals surface area contributed by atoms with Crippen molar-refractivity contribution in [3.05, 3.63) is 24.0 Å². The van der Waals surface area contributed by atoms with Crippen molar-refractivity contribution in [1.29, 1.82) is 0 Å². The molecule has 2 saturated heterocycles. The molecule has 5 rings (SSSR count). The largest absolute Gasteiger partial charge is 0.453 e. The van der Waals surface area contributed by atoms with E-state index in [9.17, 15) is 9.18 Å². The number of hydrogen-bond donors (Lipinski definition) is 1. The molecular weight excluding hydrogens is 413 g/mol. The fourth-order valence-corrected chi connectivity index (χ4v) is 5.97. The van der Waals surface area contributed by atoms with E-state index in [0.717, 1.165) is 57.7 Å². The first kappa shape index (κ1) is 22.0. The number of hydrogen-bond acceptors (Lipinski definition) is 7. The molecule has 1 amide bonds. The van der Waals surface area contributed by atoms with Gasteiger partial charge in [-0.05, 0) is 51.4 Å². The topological polar surface area (TPSA) is 79.8 Å². The maximum atomic E-state index is 13.2. The summed E-state index contributed by atoms with van der Waals surface area (Å²) in [5.74, 6) is 0.878.